The lowest BCUT2D eigenvalue weighted by atomic mass is 9.77. The fourth-order valence-corrected chi connectivity index (χ4v) is 4.59. The largest absolute Gasteiger partial charge is 0.474 e. The van der Waals surface area contributed by atoms with Crippen LogP contribution >= 0.6 is 0 Å². The quantitative estimate of drug-likeness (QED) is 0.683. The number of primary amides is 1. The summed E-state index contributed by atoms with van der Waals surface area (Å²) in [4.78, 5) is 41.9. The van der Waals surface area contributed by atoms with Crippen LogP contribution in [-0.4, -0.2) is 51.8 Å². The number of nitrogens with two attached hydrogens (primary N) is 1. The van der Waals surface area contributed by atoms with Crippen molar-refractivity contribution in [1.29, 1.82) is 0 Å². The van der Waals surface area contributed by atoms with Crippen molar-refractivity contribution in [3.63, 3.8) is 0 Å². The number of amides is 4. The Bertz CT molecular complexity index is 849. The molecule has 3 fully saturated rings. The number of ether oxygens (including phenoxy) is 1. The molecule has 3 N–H and O–H groups in total. The number of carbonyl (C=O) groups excluding carboxylic acids is 3. The Hall–Kier alpha value is -2.78. The zero-order valence-electron chi connectivity index (χ0n) is 16.4. The van der Waals surface area contributed by atoms with Gasteiger partial charge in [-0.2, -0.15) is 0 Å². The van der Waals surface area contributed by atoms with Crippen molar-refractivity contribution in [3.8, 4) is 5.88 Å². The molecule has 0 bridgehead atoms. The van der Waals surface area contributed by atoms with Crippen molar-refractivity contribution in [2.24, 2.45) is 11.7 Å². The number of imide groups is 1. The highest BCUT2D eigenvalue weighted by Gasteiger charge is 2.49. The zero-order chi connectivity index (χ0) is 21.5. The summed E-state index contributed by atoms with van der Waals surface area (Å²) >= 11 is 0. The predicted molar refractivity (Wildman–Crippen MR) is 101 cm³/mol. The number of urea groups is 1. The third-order valence-electron chi connectivity index (χ3n) is 6.12. The highest BCUT2D eigenvalue weighted by molar-refractivity contribution is 6.04. The van der Waals surface area contributed by atoms with E-state index in [2.05, 4.69) is 10.3 Å². The van der Waals surface area contributed by atoms with E-state index in [1.807, 2.05) is 0 Å². The third kappa shape index (κ3) is 4.08. The van der Waals surface area contributed by atoms with Gasteiger partial charge in [-0.05, 0) is 50.2 Å². The van der Waals surface area contributed by atoms with Crippen LogP contribution in [-0.2, 0) is 4.79 Å². The van der Waals surface area contributed by atoms with Crippen LogP contribution in [0.25, 0.3) is 0 Å². The standard InChI is InChI=1S/C20H24F2N4O4/c21-20(22)9-11(10-20)8-15-18(28)26(19(29)25-15)12-3-5-13(6-4-12)30-17-14(16(23)27)2-1-7-24-17/h1-2,7,11-13,15H,3-6,8-10H2,(H2,23,27)(H,25,29)/t12-,13-,15?. The normalized spacial score (nSPS) is 28.7. The first-order chi connectivity index (χ1) is 14.2. The van der Waals surface area contributed by atoms with Crippen LogP contribution in [0.5, 0.6) is 5.88 Å². The molecule has 2 heterocycles. The molecule has 2 saturated carbocycles. The number of pyridine rings is 1. The summed E-state index contributed by atoms with van der Waals surface area (Å²) in [6.45, 7) is 0. The van der Waals surface area contributed by atoms with Crippen LogP contribution < -0.4 is 15.8 Å². The number of hydrogen-bond acceptors (Lipinski definition) is 5. The van der Waals surface area contributed by atoms with Gasteiger partial charge in [0.05, 0.1) is 0 Å². The van der Waals surface area contributed by atoms with E-state index >= 15 is 0 Å². The van der Waals surface area contributed by atoms with Gasteiger partial charge in [0.15, 0.2) is 0 Å². The third-order valence-corrected chi connectivity index (χ3v) is 6.12. The molecule has 10 heteroatoms. The second-order valence-electron chi connectivity index (χ2n) is 8.34. The molecule has 1 aliphatic heterocycles. The number of rotatable bonds is 6. The molecule has 1 aromatic rings. The monoisotopic (exact) mass is 422 g/mol. The van der Waals surface area contributed by atoms with Gasteiger partial charge in [0.25, 0.3) is 11.8 Å². The lowest BCUT2D eigenvalue weighted by molar-refractivity contribution is -0.134. The Morgan fingerprint density at radius 1 is 1.27 bits per heavy atom. The molecule has 0 radical (unpaired) electrons. The minimum absolute atomic E-state index is 0.181. The molecule has 2 aliphatic carbocycles. The lowest BCUT2D eigenvalue weighted by Crippen LogP contribution is -2.45. The first-order valence-corrected chi connectivity index (χ1v) is 10.2. The fraction of sp³-hybridized carbons (Fsp3) is 0.600. The van der Waals surface area contributed by atoms with Crippen molar-refractivity contribution in [2.75, 3.05) is 0 Å². The van der Waals surface area contributed by atoms with E-state index in [4.69, 9.17) is 10.5 Å². The van der Waals surface area contributed by atoms with Gasteiger partial charge in [-0.15, -0.1) is 0 Å². The fourth-order valence-electron chi connectivity index (χ4n) is 4.59. The van der Waals surface area contributed by atoms with Gasteiger partial charge in [-0.3, -0.25) is 14.5 Å². The summed E-state index contributed by atoms with van der Waals surface area (Å²) in [5.74, 6) is -3.66. The number of aromatic nitrogens is 1. The van der Waals surface area contributed by atoms with Gasteiger partial charge in [0, 0.05) is 25.1 Å². The molecular formula is C20H24F2N4O4. The molecule has 8 nitrogen and oxygen atoms in total. The number of hydrogen-bond donors (Lipinski definition) is 2. The van der Waals surface area contributed by atoms with Gasteiger partial charge in [-0.25, -0.2) is 18.6 Å². The van der Waals surface area contributed by atoms with Gasteiger partial charge in [0.1, 0.15) is 17.7 Å². The van der Waals surface area contributed by atoms with E-state index in [0.717, 1.165) is 0 Å². The Balaban J connectivity index is 1.31. The summed E-state index contributed by atoms with van der Waals surface area (Å²) in [5, 5.41) is 2.65. The summed E-state index contributed by atoms with van der Waals surface area (Å²) in [5.41, 5.74) is 5.55. The van der Waals surface area contributed by atoms with E-state index in [9.17, 15) is 23.2 Å². The van der Waals surface area contributed by atoms with Crippen LogP contribution in [0.15, 0.2) is 18.3 Å². The van der Waals surface area contributed by atoms with Gasteiger partial charge >= 0.3 is 6.03 Å². The number of halogens is 2. The molecule has 1 saturated heterocycles. The first kappa shape index (κ1) is 20.5. The highest BCUT2D eigenvalue weighted by atomic mass is 19.3. The smallest absolute Gasteiger partial charge is 0.325 e. The SMILES string of the molecule is NC(=O)c1cccnc1O[C@H]1CC[C@H](N2C(=O)NC(CC3CC(F)(F)C3)C2=O)CC1. The minimum atomic E-state index is -2.64. The summed E-state index contributed by atoms with van der Waals surface area (Å²) < 4.78 is 31.9. The lowest BCUT2D eigenvalue weighted by Gasteiger charge is -2.36. The van der Waals surface area contributed by atoms with Crippen molar-refractivity contribution in [3.05, 3.63) is 23.9 Å². The molecule has 0 spiro atoms. The molecule has 162 valence electrons. The molecule has 3 aliphatic rings. The first-order valence-electron chi connectivity index (χ1n) is 10.2. The van der Waals surface area contributed by atoms with Crippen LogP contribution in [0.4, 0.5) is 13.6 Å². The Kier molecular flexibility index (Phi) is 5.33. The van der Waals surface area contributed by atoms with Crippen LogP contribution in [0, 0.1) is 5.92 Å². The van der Waals surface area contributed by atoms with Gasteiger partial charge < -0.3 is 15.8 Å². The van der Waals surface area contributed by atoms with E-state index in [1.54, 1.807) is 12.1 Å². The molecule has 30 heavy (non-hydrogen) atoms. The zero-order valence-corrected chi connectivity index (χ0v) is 16.4. The molecule has 1 unspecified atom stereocenters. The summed E-state index contributed by atoms with van der Waals surface area (Å²) in [7, 11) is 0. The van der Waals surface area contributed by atoms with E-state index in [1.165, 1.54) is 11.1 Å². The molecule has 4 amide bonds. The number of nitrogens with one attached hydrogen (secondary N) is 1. The number of alkyl halides is 2. The maximum atomic E-state index is 13.0. The topological polar surface area (TPSA) is 115 Å². The van der Waals surface area contributed by atoms with Crippen molar-refractivity contribution >= 4 is 17.8 Å². The molecule has 1 aromatic heterocycles. The molecular weight excluding hydrogens is 398 g/mol. The van der Waals surface area contributed by atoms with Gasteiger partial charge in [0.2, 0.25) is 11.8 Å². The van der Waals surface area contributed by atoms with Gasteiger partial charge in [-0.1, -0.05) is 0 Å². The summed E-state index contributed by atoms with van der Waals surface area (Å²) in [6.07, 6.45) is 3.37. The van der Waals surface area contributed by atoms with E-state index in [-0.39, 0.29) is 54.7 Å². The average Bonchev–Trinajstić information content (AvgIpc) is 2.95. The Morgan fingerprint density at radius 2 is 1.97 bits per heavy atom. The average molecular weight is 422 g/mol. The molecule has 4 rings (SSSR count). The van der Waals surface area contributed by atoms with Crippen molar-refractivity contribution < 1.29 is 27.9 Å². The molecule has 0 aromatic carbocycles. The van der Waals surface area contributed by atoms with Crippen LogP contribution in [0.2, 0.25) is 0 Å². The minimum Gasteiger partial charge on any atom is -0.474 e. The van der Waals surface area contributed by atoms with Crippen molar-refractivity contribution in [1.82, 2.24) is 15.2 Å². The van der Waals surface area contributed by atoms with Crippen molar-refractivity contribution in [2.45, 2.75) is 69.1 Å². The number of carbonyl (C=O) groups is 3. The van der Waals surface area contributed by atoms with E-state index < -0.39 is 23.9 Å². The Labute approximate surface area is 172 Å². The maximum Gasteiger partial charge on any atom is 0.325 e. The van der Waals surface area contributed by atoms with E-state index in [0.29, 0.717) is 25.7 Å². The predicted octanol–water partition coefficient (Wildman–Crippen LogP) is 2.23. The Morgan fingerprint density at radius 3 is 2.60 bits per heavy atom. The second kappa shape index (κ2) is 7.81. The molecule has 1 atom stereocenters. The van der Waals surface area contributed by atoms with Crippen LogP contribution in [0.3, 0.4) is 0 Å². The number of nitrogens with zero attached hydrogens (tertiary/aromatic N) is 2. The highest BCUT2D eigenvalue weighted by Crippen LogP contribution is 2.45. The maximum absolute atomic E-state index is 13.0. The summed E-state index contributed by atoms with van der Waals surface area (Å²) in [6, 6.07) is 1.70. The van der Waals surface area contributed by atoms with Crippen LogP contribution in [0.1, 0.15) is 55.3 Å². The second-order valence-corrected chi connectivity index (χ2v) is 8.34.